The van der Waals surface area contributed by atoms with Crippen LogP contribution in [0.3, 0.4) is 0 Å². The molecule has 1 heterocycles. The lowest BCUT2D eigenvalue weighted by molar-refractivity contribution is 0.0977. The van der Waals surface area contributed by atoms with Gasteiger partial charge in [0.15, 0.2) is 0 Å². The van der Waals surface area contributed by atoms with E-state index in [1.54, 1.807) is 6.20 Å². The zero-order chi connectivity index (χ0) is 13.7. The molecule has 2 aromatic rings. The van der Waals surface area contributed by atoms with Crippen molar-refractivity contribution in [1.29, 1.82) is 0 Å². The number of nitrogens with zero attached hydrogens (tertiary/aromatic N) is 1. The fraction of sp³-hybridized carbons (Fsp3) is 0.471. The van der Waals surface area contributed by atoms with Crippen molar-refractivity contribution >= 4 is 10.9 Å². The van der Waals surface area contributed by atoms with E-state index in [4.69, 9.17) is 0 Å². The standard InChI is InChI=1S/C17H23NO/c1-3-7-13(8-4-2)17(19)15-9-5-11-16-14(15)10-6-12-18-16/h5-6,9-13,17,19H,3-4,7-8H2,1-2H3. The molecule has 0 saturated carbocycles. The van der Waals surface area contributed by atoms with Gasteiger partial charge in [-0.3, -0.25) is 4.98 Å². The number of fused-ring (bicyclic) bond motifs is 1. The van der Waals surface area contributed by atoms with Gasteiger partial charge in [0.2, 0.25) is 0 Å². The molecule has 0 aliphatic carbocycles. The van der Waals surface area contributed by atoms with Crippen molar-refractivity contribution in [1.82, 2.24) is 4.98 Å². The summed E-state index contributed by atoms with van der Waals surface area (Å²) >= 11 is 0. The molecule has 0 amide bonds. The normalized spacial score (nSPS) is 13.1. The van der Waals surface area contributed by atoms with E-state index in [1.165, 1.54) is 0 Å². The molecule has 0 aliphatic rings. The fourth-order valence-electron chi connectivity index (χ4n) is 2.84. The van der Waals surface area contributed by atoms with E-state index in [0.29, 0.717) is 5.92 Å². The summed E-state index contributed by atoms with van der Waals surface area (Å²) in [6.45, 7) is 4.36. The van der Waals surface area contributed by atoms with Crippen molar-refractivity contribution in [2.75, 3.05) is 0 Å². The lowest BCUT2D eigenvalue weighted by Crippen LogP contribution is -2.13. The number of rotatable bonds is 6. The molecule has 1 aromatic heterocycles. The van der Waals surface area contributed by atoms with Crippen molar-refractivity contribution in [2.24, 2.45) is 5.92 Å². The van der Waals surface area contributed by atoms with Crippen LogP contribution in [0.5, 0.6) is 0 Å². The Kier molecular flexibility index (Phi) is 4.92. The van der Waals surface area contributed by atoms with Crippen molar-refractivity contribution in [2.45, 2.75) is 45.6 Å². The summed E-state index contributed by atoms with van der Waals surface area (Å²) in [4.78, 5) is 4.36. The zero-order valence-electron chi connectivity index (χ0n) is 11.8. The zero-order valence-corrected chi connectivity index (χ0v) is 11.8. The number of aliphatic hydroxyl groups is 1. The summed E-state index contributed by atoms with van der Waals surface area (Å²) in [6, 6.07) is 10.0. The van der Waals surface area contributed by atoms with Gasteiger partial charge in [0.05, 0.1) is 11.6 Å². The lowest BCUT2D eigenvalue weighted by atomic mass is 9.87. The van der Waals surface area contributed by atoms with Crippen LogP contribution in [0.15, 0.2) is 36.5 Å². The molecule has 1 unspecified atom stereocenters. The third-order valence-electron chi connectivity index (χ3n) is 3.76. The molecule has 102 valence electrons. The Morgan fingerprint density at radius 3 is 2.47 bits per heavy atom. The Morgan fingerprint density at radius 1 is 1.05 bits per heavy atom. The first-order valence-corrected chi connectivity index (χ1v) is 7.29. The maximum Gasteiger partial charge on any atom is 0.0824 e. The fourth-order valence-corrected chi connectivity index (χ4v) is 2.84. The van der Waals surface area contributed by atoms with Crippen LogP contribution in [0.25, 0.3) is 10.9 Å². The minimum absolute atomic E-state index is 0.348. The molecule has 1 aromatic carbocycles. The average molecular weight is 257 g/mol. The molecule has 2 rings (SSSR count). The first kappa shape index (κ1) is 14.0. The monoisotopic (exact) mass is 257 g/mol. The number of hydrogen-bond donors (Lipinski definition) is 1. The maximum absolute atomic E-state index is 10.7. The highest BCUT2D eigenvalue weighted by Gasteiger charge is 2.21. The molecule has 1 N–H and O–H groups in total. The highest BCUT2D eigenvalue weighted by molar-refractivity contribution is 5.82. The SMILES string of the molecule is CCCC(CCC)C(O)c1cccc2ncccc12. The average Bonchev–Trinajstić information content (AvgIpc) is 2.46. The number of pyridine rings is 1. The van der Waals surface area contributed by atoms with Gasteiger partial charge in [0.1, 0.15) is 0 Å². The van der Waals surface area contributed by atoms with Crippen LogP contribution in [-0.2, 0) is 0 Å². The Morgan fingerprint density at radius 2 is 1.79 bits per heavy atom. The molecule has 0 spiro atoms. The maximum atomic E-state index is 10.7. The van der Waals surface area contributed by atoms with Gasteiger partial charge in [-0.15, -0.1) is 0 Å². The van der Waals surface area contributed by atoms with Crippen LogP contribution in [-0.4, -0.2) is 10.1 Å². The Labute approximate surface area is 115 Å². The second-order valence-corrected chi connectivity index (χ2v) is 5.20. The third-order valence-corrected chi connectivity index (χ3v) is 3.76. The minimum atomic E-state index is -0.382. The Balaban J connectivity index is 2.36. The molecule has 19 heavy (non-hydrogen) atoms. The predicted molar refractivity (Wildman–Crippen MR) is 80.0 cm³/mol. The van der Waals surface area contributed by atoms with Gasteiger partial charge in [-0.05, 0) is 36.5 Å². The molecule has 2 nitrogen and oxygen atoms in total. The van der Waals surface area contributed by atoms with Gasteiger partial charge in [0.25, 0.3) is 0 Å². The minimum Gasteiger partial charge on any atom is -0.388 e. The van der Waals surface area contributed by atoms with E-state index in [2.05, 4.69) is 24.9 Å². The summed E-state index contributed by atoms with van der Waals surface area (Å²) in [5, 5.41) is 11.8. The molecular formula is C17H23NO. The highest BCUT2D eigenvalue weighted by Crippen LogP contribution is 2.33. The lowest BCUT2D eigenvalue weighted by Gasteiger charge is -2.23. The Bertz CT molecular complexity index is 512. The van der Waals surface area contributed by atoms with Gasteiger partial charge in [-0.25, -0.2) is 0 Å². The first-order valence-electron chi connectivity index (χ1n) is 7.29. The van der Waals surface area contributed by atoms with Crippen LogP contribution in [0.2, 0.25) is 0 Å². The van der Waals surface area contributed by atoms with Crippen LogP contribution in [0.4, 0.5) is 0 Å². The third kappa shape index (κ3) is 3.13. The van der Waals surface area contributed by atoms with E-state index in [-0.39, 0.29) is 6.10 Å². The van der Waals surface area contributed by atoms with Gasteiger partial charge < -0.3 is 5.11 Å². The van der Waals surface area contributed by atoms with E-state index in [0.717, 1.165) is 42.1 Å². The summed E-state index contributed by atoms with van der Waals surface area (Å²) in [7, 11) is 0. The molecule has 0 radical (unpaired) electrons. The van der Waals surface area contributed by atoms with Crippen molar-refractivity contribution < 1.29 is 5.11 Å². The van der Waals surface area contributed by atoms with Gasteiger partial charge in [-0.2, -0.15) is 0 Å². The molecule has 0 fully saturated rings. The quantitative estimate of drug-likeness (QED) is 0.827. The van der Waals surface area contributed by atoms with Crippen molar-refractivity contribution in [3.8, 4) is 0 Å². The number of benzene rings is 1. The summed E-state index contributed by atoms with van der Waals surface area (Å²) in [6.07, 6.45) is 5.80. The van der Waals surface area contributed by atoms with Gasteiger partial charge in [0, 0.05) is 11.6 Å². The second-order valence-electron chi connectivity index (χ2n) is 5.20. The van der Waals surface area contributed by atoms with Crippen LogP contribution in [0, 0.1) is 5.92 Å². The highest BCUT2D eigenvalue weighted by atomic mass is 16.3. The summed E-state index contributed by atoms with van der Waals surface area (Å²) in [5.74, 6) is 0.348. The molecule has 1 atom stereocenters. The van der Waals surface area contributed by atoms with Gasteiger partial charge in [-0.1, -0.05) is 44.9 Å². The number of hydrogen-bond acceptors (Lipinski definition) is 2. The molecule has 0 bridgehead atoms. The molecular weight excluding hydrogens is 234 g/mol. The van der Waals surface area contributed by atoms with E-state index < -0.39 is 0 Å². The topological polar surface area (TPSA) is 33.1 Å². The largest absolute Gasteiger partial charge is 0.388 e. The van der Waals surface area contributed by atoms with Crippen LogP contribution >= 0.6 is 0 Å². The van der Waals surface area contributed by atoms with Crippen molar-refractivity contribution in [3.63, 3.8) is 0 Å². The molecule has 0 saturated heterocycles. The van der Waals surface area contributed by atoms with E-state index >= 15 is 0 Å². The summed E-state index contributed by atoms with van der Waals surface area (Å²) in [5.41, 5.74) is 1.99. The first-order chi connectivity index (χ1) is 9.27. The Hall–Kier alpha value is -1.41. The summed E-state index contributed by atoms with van der Waals surface area (Å²) < 4.78 is 0. The van der Waals surface area contributed by atoms with Crippen LogP contribution < -0.4 is 0 Å². The molecule has 0 aliphatic heterocycles. The van der Waals surface area contributed by atoms with E-state index in [1.807, 2.05) is 24.3 Å². The number of aliphatic hydroxyl groups excluding tert-OH is 1. The van der Waals surface area contributed by atoms with Crippen molar-refractivity contribution in [3.05, 3.63) is 42.1 Å². The smallest absolute Gasteiger partial charge is 0.0824 e. The molecule has 2 heteroatoms. The van der Waals surface area contributed by atoms with E-state index in [9.17, 15) is 5.11 Å². The second kappa shape index (κ2) is 6.67. The number of aromatic nitrogens is 1. The predicted octanol–water partition coefficient (Wildman–Crippen LogP) is 4.48. The van der Waals surface area contributed by atoms with Gasteiger partial charge >= 0.3 is 0 Å². The van der Waals surface area contributed by atoms with Crippen LogP contribution in [0.1, 0.15) is 51.2 Å².